The summed E-state index contributed by atoms with van der Waals surface area (Å²) in [4.78, 5) is 39.9. The summed E-state index contributed by atoms with van der Waals surface area (Å²) >= 11 is 0. The number of hydrogen-bond acceptors (Lipinski definition) is 4. The van der Waals surface area contributed by atoms with Gasteiger partial charge in [-0.05, 0) is 31.0 Å². The third-order valence-corrected chi connectivity index (χ3v) is 4.84. The minimum absolute atomic E-state index is 0.0954. The Kier molecular flexibility index (Phi) is 3.44. The molecule has 1 aliphatic heterocycles. The van der Waals surface area contributed by atoms with Crippen molar-refractivity contribution >= 4 is 22.9 Å². The van der Waals surface area contributed by atoms with Crippen LogP contribution in [-0.2, 0) is 11.8 Å². The zero-order valence-corrected chi connectivity index (χ0v) is 13.5. The number of carbonyl (C=O) groups is 2. The first-order valence-electron chi connectivity index (χ1n) is 8.22. The maximum Gasteiger partial charge on any atom is 0.419 e. The van der Waals surface area contributed by atoms with Gasteiger partial charge >= 0.3 is 5.76 Å². The molecule has 0 atom stereocenters. The van der Waals surface area contributed by atoms with Crippen LogP contribution in [0.15, 0.2) is 27.4 Å². The van der Waals surface area contributed by atoms with Gasteiger partial charge < -0.3 is 14.2 Å². The molecule has 1 aromatic carbocycles. The van der Waals surface area contributed by atoms with Crippen LogP contribution in [0, 0.1) is 5.92 Å². The molecule has 1 aromatic heterocycles. The van der Waals surface area contributed by atoms with E-state index in [0.717, 1.165) is 12.8 Å². The SMILES string of the molecule is Cn1c(=O)oc2cc(C(=O)N3CCN(C(=O)C4CC4)CC3)ccc21. The first-order chi connectivity index (χ1) is 11.5. The van der Waals surface area contributed by atoms with Gasteiger partial charge in [0.15, 0.2) is 5.58 Å². The minimum Gasteiger partial charge on any atom is -0.408 e. The summed E-state index contributed by atoms with van der Waals surface area (Å²) in [5.41, 5.74) is 1.58. The minimum atomic E-state index is -0.443. The number of aromatic nitrogens is 1. The van der Waals surface area contributed by atoms with Crippen molar-refractivity contribution in [2.24, 2.45) is 13.0 Å². The Morgan fingerprint density at radius 2 is 1.75 bits per heavy atom. The van der Waals surface area contributed by atoms with E-state index in [4.69, 9.17) is 4.42 Å². The molecule has 0 N–H and O–H groups in total. The van der Waals surface area contributed by atoms with Crippen molar-refractivity contribution in [2.45, 2.75) is 12.8 Å². The molecule has 2 heterocycles. The molecule has 2 amide bonds. The van der Waals surface area contributed by atoms with Crippen molar-refractivity contribution in [2.75, 3.05) is 26.2 Å². The Balaban J connectivity index is 1.48. The summed E-state index contributed by atoms with van der Waals surface area (Å²) in [6, 6.07) is 5.04. The molecule has 0 bridgehead atoms. The number of carbonyl (C=O) groups excluding carboxylic acids is 2. The molecule has 4 rings (SSSR count). The highest BCUT2D eigenvalue weighted by molar-refractivity contribution is 5.97. The van der Waals surface area contributed by atoms with Crippen LogP contribution >= 0.6 is 0 Å². The van der Waals surface area contributed by atoms with Gasteiger partial charge in [0, 0.05) is 44.7 Å². The predicted molar refractivity (Wildman–Crippen MR) is 86.7 cm³/mol. The van der Waals surface area contributed by atoms with Gasteiger partial charge in [0.2, 0.25) is 5.91 Å². The molecule has 0 spiro atoms. The lowest BCUT2D eigenvalue weighted by Crippen LogP contribution is -2.51. The summed E-state index contributed by atoms with van der Waals surface area (Å²) < 4.78 is 6.55. The summed E-state index contributed by atoms with van der Waals surface area (Å²) in [6.45, 7) is 2.25. The molecule has 7 heteroatoms. The fraction of sp³-hybridized carbons (Fsp3) is 0.471. The predicted octanol–water partition coefficient (Wildman–Crippen LogP) is 0.826. The molecule has 0 radical (unpaired) electrons. The summed E-state index contributed by atoms with van der Waals surface area (Å²) in [7, 11) is 1.63. The Hall–Kier alpha value is -2.57. The third kappa shape index (κ3) is 2.50. The highest BCUT2D eigenvalue weighted by Gasteiger charge is 2.35. The van der Waals surface area contributed by atoms with E-state index >= 15 is 0 Å². The lowest BCUT2D eigenvalue weighted by atomic mass is 10.1. The molecule has 0 unspecified atom stereocenters. The van der Waals surface area contributed by atoms with E-state index in [2.05, 4.69) is 0 Å². The molecule has 1 saturated carbocycles. The molecule has 1 saturated heterocycles. The highest BCUT2D eigenvalue weighted by Crippen LogP contribution is 2.31. The number of aryl methyl sites for hydroxylation is 1. The van der Waals surface area contributed by atoms with E-state index in [9.17, 15) is 14.4 Å². The van der Waals surface area contributed by atoms with Crippen LogP contribution < -0.4 is 5.76 Å². The summed E-state index contributed by atoms with van der Waals surface area (Å²) in [5.74, 6) is -0.0889. The van der Waals surface area contributed by atoms with E-state index in [1.807, 2.05) is 4.90 Å². The third-order valence-electron chi connectivity index (χ3n) is 4.84. The number of benzene rings is 1. The van der Waals surface area contributed by atoms with E-state index in [1.165, 1.54) is 4.57 Å². The van der Waals surface area contributed by atoms with Gasteiger partial charge in [0.25, 0.3) is 5.91 Å². The number of oxazole rings is 1. The van der Waals surface area contributed by atoms with Crippen molar-refractivity contribution in [3.05, 3.63) is 34.3 Å². The van der Waals surface area contributed by atoms with Crippen molar-refractivity contribution in [3.8, 4) is 0 Å². The van der Waals surface area contributed by atoms with Crippen LogP contribution in [-0.4, -0.2) is 52.4 Å². The average Bonchev–Trinajstić information content (AvgIpc) is 3.41. The fourth-order valence-corrected chi connectivity index (χ4v) is 3.17. The average molecular weight is 329 g/mol. The van der Waals surface area contributed by atoms with Crippen LogP contribution in [0.2, 0.25) is 0 Å². The van der Waals surface area contributed by atoms with E-state index in [1.54, 1.807) is 30.1 Å². The highest BCUT2D eigenvalue weighted by atomic mass is 16.4. The first kappa shape index (κ1) is 15.0. The molecule has 24 heavy (non-hydrogen) atoms. The van der Waals surface area contributed by atoms with Gasteiger partial charge in [-0.15, -0.1) is 0 Å². The second-order valence-electron chi connectivity index (χ2n) is 6.50. The molecule has 2 aliphatic rings. The topological polar surface area (TPSA) is 75.8 Å². The molecular weight excluding hydrogens is 310 g/mol. The Morgan fingerprint density at radius 1 is 1.08 bits per heavy atom. The smallest absolute Gasteiger partial charge is 0.408 e. The van der Waals surface area contributed by atoms with Gasteiger partial charge in [-0.2, -0.15) is 0 Å². The number of nitrogens with zero attached hydrogens (tertiary/aromatic N) is 3. The zero-order chi connectivity index (χ0) is 16.8. The quantitative estimate of drug-likeness (QED) is 0.818. The van der Waals surface area contributed by atoms with Crippen molar-refractivity contribution < 1.29 is 14.0 Å². The summed E-state index contributed by atoms with van der Waals surface area (Å²) in [6.07, 6.45) is 2.00. The number of fused-ring (bicyclic) bond motifs is 1. The maximum atomic E-state index is 12.7. The fourth-order valence-electron chi connectivity index (χ4n) is 3.17. The van der Waals surface area contributed by atoms with Crippen LogP contribution in [0.4, 0.5) is 0 Å². The van der Waals surface area contributed by atoms with Crippen molar-refractivity contribution in [1.29, 1.82) is 0 Å². The lowest BCUT2D eigenvalue weighted by molar-refractivity contribution is -0.134. The Morgan fingerprint density at radius 3 is 2.42 bits per heavy atom. The van der Waals surface area contributed by atoms with Gasteiger partial charge in [-0.25, -0.2) is 4.79 Å². The van der Waals surface area contributed by atoms with Crippen molar-refractivity contribution in [3.63, 3.8) is 0 Å². The standard InChI is InChI=1S/C17H19N3O4/c1-18-13-5-4-12(10-14(13)24-17(18)23)16(22)20-8-6-19(7-9-20)15(21)11-2-3-11/h4-5,10-11H,2-3,6-9H2,1H3. The van der Waals surface area contributed by atoms with Gasteiger partial charge in [-0.3, -0.25) is 14.2 Å². The Bertz CT molecular complexity index is 870. The first-order valence-corrected chi connectivity index (χ1v) is 8.22. The number of hydrogen-bond donors (Lipinski definition) is 0. The largest absolute Gasteiger partial charge is 0.419 e. The molecule has 2 aromatic rings. The maximum absolute atomic E-state index is 12.7. The monoisotopic (exact) mass is 329 g/mol. The molecule has 2 fully saturated rings. The van der Waals surface area contributed by atoms with Gasteiger partial charge in [-0.1, -0.05) is 0 Å². The molecule has 7 nitrogen and oxygen atoms in total. The molecule has 1 aliphatic carbocycles. The second kappa shape index (κ2) is 5.51. The van der Waals surface area contributed by atoms with E-state index in [-0.39, 0.29) is 17.7 Å². The van der Waals surface area contributed by atoms with E-state index < -0.39 is 5.76 Å². The number of amides is 2. The van der Waals surface area contributed by atoms with Crippen LogP contribution in [0.1, 0.15) is 23.2 Å². The van der Waals surface area contributed by atoms with Gasteiger partial charge in [0.1, 0.15) is 0 Å². The zero-order valence-electron chi connectivity index (χ0n) is 13.5. The molecular formula is C17H19N3O4. The van der Waals surface area contributed by atoms with E-state index in [0.29, 0.717) is 42.8 Å². The van der Waals surface area contributed by atoms with Crippen LogP contribution in [0.25, 0.3) is 11.1 Å². The van der Waals surface area contributed by atoms with Crippen LogP contribution in [0.5, 0.6) is 0 Å². The Labute approximate surface area is 138 Å². The summed E-state index contributed by atoms with van der Waals surface area (Å²) in [5, 5.41) is 0. The number of rotatable bonds is 2. The number of piperazine rings is 1. The van der Waals surface area contributed by atoms with Crippen molar-refractivity contribution in [1.82, 2.24) is 14.4 Å². The lowest BCUT2D eigenvalue weighted by Gasteiger charge is -2.35. The van der Waals surface area contributed by atoms with Gasteiger partial charge in [0.05, 0.1) is 5.52 Å². The molecule has 126 valence electrons. The van der Waals surface area contributed by atoms with Crippen LogP contribution in [0.3, 0.4) is 0 Å². The normalized spacial score (nSPS) is 18.2. The second-order valence-corrected chi connectivity index (χ2v) is 6.50.